The highest BCUT2D eigenvalue weighted by molar-refractivity contribution is 5.46. The molecule has 0 aliphatic rings. The van der Waals surface area contributed by atoms with Crippen LogP contribution in [0.15, 0.2) is 42.5 Å². The Labute approximate surface area is 118 Å². The topological polar surface area (TPSA) is 58.9 Å². The van der Waals surface area contributed by atoms with Gasteiger partial charge in [-0.25, -0.2) is 0 Å². The lowest BCUT2D eigenvalue weighted by Gasteiger charge is -2.14. The number of methoxy groups -OCH3 is 1. The number of rotatable bonds is 6. The van der Waals surface area contributed by atoms with Gasteiger partial charge in [0.15, 0.2) is 11.5 Å². The smallest absolute Gasteiger partial charge is 0.167 e. The van der Waals surface area contributed by atoms with Crippen molar-refractivity contribution >= 4 is 0 Å². The molecule has 0 spiro atoms. The molecule has 2 rings (SSSR count). The first-order valence-electron chi connectivity index (χ1n) is 6.36. The van der Waals surface area contributed by atoms with Crippen molar-refractivity contribution in [2.24, 2.45) is 0 Å². The molecule has 0 radical (unpaired) electrons. The van der Waals surface area contributed by atoms with E-state index in [1.54, 1.807) is 19.2 Å². The van der Waals surface area contributed by atoms with Crippen molar-refractivity contribution in [1.82, 2.24) is 0 Å². The lowest BCUT2D eigenvalue weighted by Crippen LogP contribution is -2.01. The zero-order valence-electron chi connectivity index (χ0n) is 11.4. The fraction of sp³-hybridized carbons (Fsp3) is 0.250. The number of para-hydroxylation sites is 1. The second kappa shape index (κ2) is 6.93. The molecule has 0 atom stereocenters. The predicted octanol–water partition coefficient (Wildman–Crippen LogP) is 2.26. The molecule has 2 N–H and O–H groups in total. The summed E-state index contributed by atoms with van der Waals surface area (Å²) in [5.74, 6) is 1.16. The maximum absolute atomic E-state index is 9.34. The van der Waals surface area contributed by atoms with Crippen LogP contribution in [0.1, 0.15) is 16.7 Å². The van der Waals surface area contributed by atoms with Gasteiger partial charge >= 0.3 is 0 Å². The standard InChI is InChI=1S/C16H18O4/c1-19-15-4-2-3-14(10-18)16(15)20-11-13-7-5-12(9-17)6-8-13/h2-8,17-18H,9-11H2,1H3. The minimum Gasteiger partial charge on any atom is -0.493 e. The van der Waals surface area contributed by atoms with Gasteiger partial charge in [-0.15, -0.1) is 0 Å². The number of aliphatic hydroxyl groups excluding tert-OH is 2. The van der Waals surface area contributed by atoms with Crippen LogP contribution in [-0.2, 0) is 19.8 Å². The molecule has 0 aliphatic carbocycles. The lowest BCUT2D eigenvalue weighted by molar-refractivity contribution is 0.249. The average molecular weight is 274 g/mol. The number of ether oxygens (including phenoxy) is 2. The van der Waals surface area contributed by atoms with Crippen LogP contribution < -0.4 is 9.47 Å². The first-order valence-corrected chi connectivity index (χ1v) is 6.36. The van der Waals surface area contributed by atoms with E-state index >= 15 is 0 Å². The van der Waals surface area contributed by atoms with Gasteiger partial charge in [0.05, 0.1) is 20.3 Å². The van der Waals surface area contributed by atoms with E-state index in [4.69, 9.17) is 14.6 Å². The monoisotopic (exact) mass is 274 g/mol. The minimum absolute atomic E-state index is 0.0301. The Morgan fingerprint density at radius 2 is 1.60 bits per heavy atom. The molecule has 20 heavy (non-hydrogen) atoms. The summed E-state index contributed by atoms with van der Waals surface area (Å²) in [6, 6.07) is 12.9. The average Bonchev–Trinajstić information content (AvgIpc) is 2.52. The molecule has 106 valence electrons. The van der Waals surface area contributed by atoms with Crippen LogP contribution in [0.4, 0.5) is 0 Å². The van der Waals surface area contributed by atoms with Gasteiger partial charge in [0.2, 0.25) is 0 Å². The third-order valence-corrected chi connectivity index (χ3v) is 3.04. The Morgan fingerprint density at radius 3 is 2.20 bits per heavy atom. The second-order valence-corrected chi connectivity index (χ2v) is 4.37. The molecular weight excluding hydrogens is 256 g/mol. The molecule has 0 aromatic heterocycles. The van der Waals surface area contributed by atoms with Crippen molar-refractivity contribution in [1.29, 1.82) is 0 Å². The summed E-state index contributed by atoms with van der Waals surface area (Å²) < 4.78 is 11.0. The maximum Gasteiger partial charge on any atom is 0.167 e. The number of hydrogen-bond donors (Lipinski definition) is 2. The van der Waals surface area contributed by atoms with Crippen LogP contribution in [0.25, 0.3) is 0 Å². The van der Waals surface area contributed by atoms with E-state index in [0.29, 0.717) is 23.7 Å². The van der Waals surface area contributed by atoms with Gasteiger partial charge in [-0.2, -0.15) is 0 Å². The molecule has 0 amide bonds. The van der Waals surface area contributed by atoms with Gasteiger partial charge in [0, 0.05) is 5.56 Å². The molecule has 0 saturated carbocycles. The molecule has 2 aromatic carbocycles. The van der Waals surface area contributed by atoms with E-state index < -0.39 is 0 Å². The van der Waals surface area contributed by atoms with Gasteiger partial charge in [0.1, 0.15) is 6.61 Å². The first kappa shape index (κ1) is 14.4. The van der Waals surface area contributed by atoms with Crippen molar-refractivity contribution in [2.45, 2.75) is 19.8 Å². The van der Waals surface area contributed by atoms with E-state index in [-0.39, 0.29) is 13.2 Å². The number of benzene rings is 2. The van der Waals surface area contributed by atoms with E-state index in [2.05, 4.69) is 0 Å². The molecule has 0 aliphatic heterocycles. The summed E-state index contributed by atoms with van der Waals surface area (Å²) in [6.07, 6.45) is 0. The summed E-state index contributed by atoms with van der Waals surface area (Å²) in [7, 11) is 1.57. The number of aliphatic hydroxyl groups is 2. The first-order chi connectivity index (χ1) is 9.78. The van der Waals surface area contributed by atoms with Gasteiger partial charge in [-0.3, -0.25) is 0 Å². The van der Waals surface area contributed by atoms with Crippen LogP contribution >= 0.6 is 0 Å². The third-order valence-electron chi connectivity index (χ3n) is 3.04. The lowest BCUT2D eigenvalue weighted by atomic mass is 10.1. The zero-order valence-corrected chi connectivity index (χ0v) is 11.4. The SMILES string of the molecule is COc1cccc(CO)c1OCc1ccc(CO)cc1. The summed E-state index contributed by atoms with van der Waals surface area (Å²) in [5, 5.41) is 18.3. The molecule has 0 bridgehead atoms. The van der Waals surface area contributed by atoms with Crippen molar-refractivity contribution in [3.8, 4) is 11.5 Å². The highest BCUT2D eigenvalue weighted by atomic mass is 16.5. The fourth-order valence-corrected chi connectivity index (χ4v) is 1.91. The molecule has 0 unspecified atom stereocenters. The molecule has 4 heteroatoms. The Balaban J connectivity index is 2.13. The van der Waals surface area contributed by atoms with Crippen LogP contribution in [-0.4, -0.2) is 17.3 Å². The van der Waals surface area contributed by atoms with E-state index in [0.717, 1.165) is 11.1 Å². The quantitative estimate of drug-likeness (QED) is 0.848. The highest BCUT2D eigenvalue weighted by Gasteiger charge is 2.10. The zero-order chi connectivity index (χ0) is 14.4. The van der Waals surface area contributed by atoms with E-state index in [1.807, 2.05) is 30.3 Å². The van der Waals surface area contributed by atoms with E-state index in [9.17, 15) is 5.11 Å². The Hall–Kier alpha value is -2.04. The van der Waals surface area contributed by atoms with Gasteiger partial charge in [0.25, 0.3) is 0 Å². The molecule has 4 nitrogen and oxygen atoms in total. The van der Waals surface area contributed by atoms with Crippen molar-refractivity contribution in [3.05, 3.63) is 59.2 Å². The molecule has 0 fully saturated rings. The van der Waals surface area contributed by atoms with Crippen molar-refractivity contribution in [3.63, 3.8) is 0 Å². The highest BCUT2D eigenvalue weighted by Crippen LogP contribution is 2.31. The van der Waals surface area contributed by atoms with Crippen LogP contribution in [0.2, 0.25) is 0 Å². The normalized spacial score (nSPS) is 10.3. The summed E-state index contributed by atoms with van der Waals surface area (Å²) >= 11 is 0. The summed E-state index contributed by atoms with van der Waals surface area (Å²) in [5.41, 5.74) is 2.54. The van der Waals surface area contributed by atoms with Crippen LogP contribution in [0.3, 0.4) is 0 Å². The fourth-order valence-electron chi connectivity index (χ4n) is 1.91. The molecule has 2 aromatic rings. The minimum atomic E-state index is -0.101. The third kappa shape index (κ3) is 3.29. The Morgan fingerprint density at radius 1 is 0.900 bits per heavy atom. The summed E-state index contributed by atoms with van der Waals surface area (Å²) in [4.78, 5) is 0. The molecular formula is C16H18O4. The number of hydrogen-bond acceptors (Lipinski definition) is 4. The van der Waals surface area contributed by atoms with Crippen LogP contribution in [0, 0.1) is 0 Å². The molecule has 0 heterocycles. The predicted molar refractivity (Wildman–Crippen MR) is 75.6 cm³/mol. The van der Waals surface area contributed by atoms with Gasteiger partial charge in [-0.1, -0.05) is 36.4 Å². The van der Waals surface area contributed by atoms with Gasteiger partial charge < -0.3 is 19.7 Å². The van der Waals surface area contributed by atoms with Gasteiger partial charge in [-0.05, 0) is 17.2 Å². The Kier molecular flexibility index (Phi) is 4.98. The van der Waals surface area contributed by atoms with E-state index in [1.165, 1.54) is 0 Å². The second-order valence-electron chi connectivity index (χ2n) is 4.37. The summed E-state index contributed by atoms with van der Waals surface area (Å²) in [6.45, 7) is 0.303. The van der Waals surface area contributed by atoms with Crippen LogP contribution in [0.5, 0.6) is 11.5 Å². The largest absolute Gasteiger partial charge is 0.493 e. The van der Waals surface area contributed by atoms with Crippen molar-refractivity contribution < 1.29 is 19.7 Å². The maximum atomic E-state index is 9.34. The molecule has 0 saturated heterocycles. The Bertz CT molecular complexity index is 527. The van der Waals surface area contributed by atoms with Crippen molar-refractivity contribution in [2.75, 3.05) is 7.11 Å².